The van der Waals surface area contributed by atoms with E-state index in [1.807, 2.05) is 6.92 Å². The number of hydrogen-bond acceptors (Lipinski definition) is 4. The largest absolute Gasteiger partial charge is 0.365 e. The summed E-state index contributed by atoms with van der Waals surface area (Å²) in [4.78, 5) is 30.1. The number of nitrogens with zero attached hydrogens (tertiary/aromatic N) is 2. The Balaban J connectivity index is 1.92. The van der Waals surface area contributed by atoms with E-state index in [0.29, 0.717) is 27.8 Å². The molecule has 3 N–H and O–H groups in total. The summed E-state index contributed by atoms with van der Waals surface area (Å²) in [7, 11) is 0. The van der Waals surface area contributed by atoms with E-state index in [1.54, 1.807) is 29.2 Å². The number of urea groups is 1. The van der Waals surface area contributed by atoms with Gasteiger partial charge in [0.1, 0.15) is 5.00 Å². The first-order valence-corrected chi connectivity index (χ1v) is 10.1. The number of likely N-dealkylation sites (N-methyl/N-ethyl adjacent to an activating group) is 1. The molecule has 0 saturated carbocycles. The Morgan fingerprint density at radius 1 is 1.30 bits per heavy atom. The van der Waals surface area contributed by atoms with Gasteiger partial charge in [0.2, 0.25) is 0 Å². The summed E-state index contributed by atoms with van der Waals surface area (Å²) in [5, 5.41) is 4.08. The van der Waals surface area contributed by atoms with E-state index >= 15 is 0 Å². The highest BCUT2D eigenvalue weighted by Crippen LogP contribution is 2.39. The van der Waals surface area contributed by atoms with Crippen molar-refractivity contribution in [2.45, 2.75) is 26.8 Å². The molecule has 1 aliphatic rings. The molecule has 0 spiro atoms. The number of benzene rings is 1. The molecule has 2 heterocycles. The highest BCUT2D eigenvalue weighted by molar-refractivity contribution is 7.17. The predicted molar refractivity (Wildman–Crippen MR) is 111 cm³/mol. The van der Waals surface area contributed by atoms with Gasteiger partial charge in [-0.3, -0.25) is 14.6 Å². The van der Waals surface area contributed by atoms with Gasteiger partial charge in [-0.25, -0.2) is 4.79 Å². The average molecular weight is 407 g/mol. The number of anilines is 2. The lowest BCUT2D eigenvalue weighted by atomic mass is 10.0. The molecule has 0 bridgehead atoms. The first-order valence-electron chi connectivity index (χ1n) is 8.95. The summed E-state index contributed by atoms with van der Waals surface area (Å²) in [6, 6.07) is 6.61. The van der Waals surface area contributed by atoms with Gasteiger partial charge in [-0.1, -0.05) is 18.5 Å². The molecule has 6 nitrogen and oxygen atoms in total. The minimum absolute atomic E-state index is 0.298. The lowest BCUT2D eigenvalue weighted by molar-refractivity contribution is 0.0999. The zero-order valence-corrected chi connectivity index (χ0v) is 17.0. The number of nitrogens with one attached hydrogen (secondary N) is 1. The maximum atomic E-state index is 12.9. The van der Waals surface area contributed by atoms with E-state index in [2.05, 4.69) is 17.1 Å². The van der Waals surface area contributed by atoms with Crippen LogP contribution < -0.4 is 16.0 Å². The van der Waals surface area contributed by atoms with Crippen LogP contribution in [0.15, 0.2) is 24.3 Å². The zero-order valence-electron chi connectivity index (χ0n) is 15.4. The van der Waals surface area contributed by atoms with E-state index in [1.165, 1.54) is 11.3 Å². The molecule has 0 atom stereocenters. The van der Waals surface area contributed by atoms with E-state index < -0.39 is 5.91 Å². The molecule has 1 aromatic carbocycles. The van der Waals surface area contributed by atoms with Crippen molar-refractivity contribution in [1.29, 1.82) is 0 Å². The standard InChI is InChI=1S/C19H23ClN4O2S/c1-3-23-10-9-14-15(11-23)27-18(16(14)17(21)25)24(4-2)19(26)22-13-7-5-12(20)6-8-13/h5-8H,3-4,9-11H2,1-2H3,(H2,21,25)(H,22,26). The topological polar surface area (TPSA) is 78.7 Å². The SMILES string of the molecule is CCN1CCc2c(sc(N(CC)C(=O)Nc3ccc(Cl)cc3)c2C(N)=O)C1. The third-order valence-electron chi connectivity index (χ3n) is 4.71. The van der Waals surface area contributed by atoms with E-state index in [0.717, 1.165) is 36.5 Å². The highest BCUT2D eigenvalue weighted by Gasteiger charge is 2.30. The van der Waals surface area contributed by atoms with Gasteiger partial charge in [-0.15, -0.1) is 11.3 Å². The lowest BCUT2D eigenvalue weighted by Gasteiger charge is -2.25. The summed E-state index contributed by atoms with van der Waals surface area (Å²) in [6.07, 6.45) is 0.772. The normalized spacial score (nSPS) is 13.9. The number of nitrogens with two attached hydrogens (primary N) is 1. The Morgan fingerprint density at radius 3 is 2.59 bits per heavy atom. The molecule has 1 aliphatic heterocycles. The summed E-state index contributed by atoms with van der Waals surface area (Å²) < 4.78 is 0. The smallest absolute Gasteiger partial charge is 0.326 e. The molecule has 1 aromatic heterocycles. The predicted octanol–water partition coefficient (Wildman–Crippen LogP) is 3.94. The van der Waals surface area contributed by atoms with Gasteiger partial charge < -0.3 is 11.1 Å². The van der Waals surface area contributed by atoms with Crippen molar-refractivity contribution in [3.63, 3.8) is 0 Å². The van der Waals surface area contributed by atoms with Crippen LogP contribution in [0.2, 0.25) is 5.02 Å². The fourth-order valence-corrected chi connectivity index (χ4v) is 4.84. The second-order valence-electron chi connectivity index (χ2n) is 6.35. The van der Waals surface area contributed by atoms with E-state index in [4.69, 9.17) is 17.3 Å². The van der Waals surface area contributed by atoms with Gasteiger partial charge >= 0.3 is 6.03 Å². The third-order valence-corrected chi connectivity index (χ3v) is 6.20. The number of rotatable bonds is 5. The second kappa shape index (κ2) is 8.29. The summed E-state index contributed by atoms with van der Waals surface area (Å²) in [5.74, 6) is -0.481. The molecule has 0 fully saturated rings. The molecule has 0 radical (unpaired) electrons. The lowest BCUT2D eigenvalue weighted by Crippen LogP contribution is -2.35. The minimum Gasteiger partial charge on any atom is -0.365 e. The molecular weight excluding hydrogens is 384 g/mol. The van der Waals surface area contributed by atoms with Crippen molar-refractivity contribution < 1.29 is 9.59 Å². The number of amides is 3. The van der Waals surface area contributed by atoms with Gasteiger partial charge in [0.15, 0.2) is 0 Å². The number of thiophene rings is 1. The Morgan fingerprint density at radius 2 is 2.00 bits per heavy atom. The quantitative estimate of drug-likeness (QED) is 0.789. The molecule has 3 amide bonds. The van der Waals surface area contributed by atoms with Crippen LogP contribution in [0.5, 0.6) is 0 Å². The van der Waals surface area contributed by atoms with Crippen molar-refractivity contribution in [3.8, 4) is 0 Å². The van der Waals surface area contributed by atoms with Crippen LogP contribution in [-0.2, 0) is 13.0 Å². The molecule has 0 saturated heterocycles. The second-order valence-corrected chi connectivity index (χ2v) is 7.87. The molecule has 27 heavy (non-hydrogen) atoms. The first kappa shape index (κ1) is 19.7. The molecule has 0 unspecified atom stereocenters. The molecule has 8 heteroatoms. The Kier molecular flexibility index (Phi) is 6.04. The maximum Gasteiger partial charge on any atom is 0.326 e. The van der Waals surface area contributed by atoms with Crippen molar-refractivity contribution in [1.82, 2.24) is 4.90 Å². The van der Waals surface area contributed by atoms with Crippen LogP contribution in [0.4, 0.5) is 15.5 Å². The van der Waals surface area contributed by atoms with Crippen LogP contribution in [0.25, 0.3) is 0 Å². The first-order chi connectivity index (χ1) is 12.9. The highest BCUT2D eigenvalue weighted by atomic mass is 35.5. The van der Waals surface area contributed by atoms with Crippen LogP contribution >= 0.6 is 22.9 Å². The fourth-order valence-electron chi connectivity index (χ4n) is 3.26. The van der Waals surface area contributed by atoms with E-state index in [-0.39, 0.29) is 6.03 Å². The minimum atomic E-state index is -0.481. The Labute approximate surface area is 167 Å². The summed E-state index contributed by atoms with van der Waals surface area (Å²) >= 11 is 7.38. The van der Waals surface area contributed by atoms with Crippen molar-refractivity contribution in [2.24, 2.45) is 5.73 Å². The van der Waals surface area contributed by atoms with Crippen molar-refractivity contribution >= 4 is 45.6 Å². The molecule has 0 aliphatic carbocycles. The van der Waals surface area contributed by atoms with Crippen LogP contribution in [-0.4, -0.2) is 36.5 Å². The summed E-state index contributed by atoms with van der Waals surface area (Å²) in [5.41, 5.74) is 7.81. The average Bonchev–Trinajstić information content (AvgIpc) is 3.02. The monoisotopic (exact) mass is 406 g/mol. The zero-order chi connectivity index (χ0) is 19.6. The number of carbonyl (C=O) groups is 2. The van der Waals surface area contributed by atoms with Crippen LogP contribution in [0, 0.1) is 0 Å². The van der Waals surface area contributed by atoms with Crippen molar-refractivity contribution in [3.05, 3.63) is 45.3 Å². The van der Waals surface area contributed by atoms with Gasteiger partial charge in [-0.05, 0) is 49.7 Å². The van der Waals surface area contributed by atoms with Crippen LogP contribution in [0.3, 0.4) is 0 Å². The maximum absolute atomic E-state index is 12.9. The Hall–Kier alpha value is -2.09. The number of primary amides is 1. The fraction of sp³-hybridized carbons (Fsp3) is 0.368. The Bertz CT molecular complexity index is 850. The molecule has 2 aromatic rings. The molecular formula is C19H23ClN4O2S. The van der Waals surface area contributed by atoms with Crippen molar-refractivity contribution in [2.75, 3.05) is 29.9 Å². The number of fused-ring (bicyclic) bond motifs is 1. The van der Waals surface area contributed by atoms with Gasteiger partial charge in [0, 0.05) is 35.2 Å². The van der Waals surface area contributed by atoms with Gasteiger partial charge in [0.25, 0.3) is 5.91 Å². The van der Waals surface area contributed by atoms with Crippen LogP contribution in [0.1, 0.15) is 34.6 Å². The van der Waals surface area contributed by atoms with Gasteiger partial charge in [0.05, 0.1) is 5.56 Å². The summed E-state index contributed by atoms with van der Waals surface area (Å²) in [6.45, 7) is 7.05. The third kappa shape index (κ3) is 4.10. The number of hydrogen-bond donors (Lipinski definition) is 2. The number of carbonyl (C=O) groups excluding carboxylic acids is 2. The molecule has 3 rings (SSSR count). The van der Waals surface area contributed by atoms with Gasteiger partial charge in [-0.2, -0.15) is 0 Å². The molecule has 144 valence electrons. The number of halogens is 1. The van der Waals surface area contributed by atoms with E-state index in [9.17, 15) is 9.59 Å².